The highest BCUT2D eigenvalue weighted by Crippen LogP contribution is 2.24. The molecule has 0 saturated carbocycles. The number of aryl methyl sites for hydroxylation is 2. The van der Waals surface area contributed by atoms with Crippen LogP contribution in [0.2, 0.25) is 0 Å². The summed E-state index contributed by atoms with van der Waals surface area (Å²) >= 11 is 0. The number of nitrogens with one attached hydrogen (secondary N) is 2. The smallest absolute Gasteiger partial charge is 0.323 e. The van der Waals surface area contributed by atoms with Crippen LogP contribution in [0.4, 0.5) is 16.2 Å². The average molecular weight is 434 g/mol. The highest BCUT2D eigenvalue weighted by molar-refractivity contribution is 6.00. The predicted molar refractivity (Wildman–Crippen MR) is 125 cm³/mol. The van der Waals surface area contributed by atoms with Crippen LogP contribution in [0.5, 0.6) is 5.88 Å². The van der Waals surface area contributed by atoms with Gasteiger partial charge in [0.15, 0.2) is 0 Å². The van der Waals surface area contributed by atoms with Crippen LogP contribution >= 0.6 is 0 Å². The van der Waals surface area contributed by atoms with Gasteiger partial charge in [-0.3, -0.25) is 4.79 Å². The normalized spacial score (nSPS) is 11.0. The van der Waals surface area contributed by atoms with Gasteiger partial charge in [0, 0.05) is 29.2 Å². The zero-order chi connectivity index (χ0) is 23.3. The van der Waals surface area contributed by atoms with Crippen molar-refractivity contribution < 1.29 is 19.4 Å². The van der Waals surface area contributed by atoms with Crippen molar-refractivity contribution in [3.8, 4) is 17.0 Å². The number of hydrogen-bond donors (Lipinski definition) is 3. The minimum Gasteiger partial charge on any atom is -0.481 e. The molecule has 2 amide bonds. The van der Waals surface area contributed by atoms with E-state index >= 15 is 0 Å². The van der Waals surface area contributed by atoms with E-state index in [-0.39, 0.29) is 12.6 Å². The Balaban J connectivity index is 1.59. The highest BCUT2D eigenvalue weighted by atomic mass is 16.5. The third-order valence-electron chi connectivity index (χ3n) is 4.85. The Morgan fingerprint density at radius 3 is 2.06 bits per heavy atom. The Hall–Kier alpha value is -3.87. The van der Waals surface area contributed by atoms with E-state index in [1.807, 2.05) is 62.4 Å². The molecule has 0 bridgehead atoms. The van der Waals surface area contributed by atoms with Gasteiger partial charge in [-0.05, 0) is 74.7 Å². The molecule has 7 heteroatoms. The number of hydrogen-bond acceptors (Lipinski definition) is 4. The summed E-state index contributed by atoms with van der Waals surface area (Å²) in [6, 6.07) is 16.5. The zero-order valence-corrected chi connectivity index (χ0v) is 18.6. The molecule has 0 unspecified atom stereocenters. The van der Waals surface area contributed by atoms with Crippen LogP contribution in [0.3, 0.4) is 0 Å². The standard InChI is InChI=1S/C25H27N3O4/c1-16-11-17(2)13-21(12-16)28-24(31)27-20-8-5-18(6-9-20)19-7-10-22(26-14-19)32-15-25(3,4)23(29)30/h5-14H,15H2,1-4H3,(H,29,30)(H2,27,28,31). The molecule has 3 N–H and O–H groups in total. The van der Waals surface area contributed by atoms with Crippen LogP contribution < -0.4 is 15.4 Å². The molecule has 3 rings (SSSR count). The van der Waals surface area contributed by atoms with Gasteiger partial charge in [-0.15, -0.1) is 0 Å². The number of aliphatic carboxylic acids is 1. The van der Waals surface area contributed by atoms with Gasteiger partial charge in [-0.1, -0.05) is 18.2 Å². The molecule has 0 radical (unpaired) electrons. The number of carbonyl (C=O) groups is 2. The monoisotopic (exact) mass is 433 g/mol. The largest absolute Gasteiger partial charge is 0.481 e. The van der Waals surface area contributed by atoms with E-state index < -0.39 is 11.4 Å². The summed E-state index contributed by atoms with van der Waals surface area (Å²) in [5.41, 5.74) is 4.39. The molecule has 0 spiro atoms. The molecule has 166 valence electrons. The summed E-state index contributed by atoms with van der Waals surface area (Å²) < 4.78 is 5.50. The number of pyridine rings is 1. The van der Waals surface area contributed by atoms with E-state index in [1.54, 1.807) is 26.1 Å². The fraction of sp³-hybridized carbons (Fsp3) is 0.240. The zero-order valence-electron chi connectivity index (χ0n) is 18.6. The molecule has 7 nitrogen and oxygen atoms in total. The molecule has 3 aromatic rings. The highest BCUT2D eigenvalue weighted by Gasteiger charge is 2.28. The number of amides is 2. The van der Waals surface area contributed by atoms with Crippen LogP contribution in [0.15, 0.2) is 60.8 Å². The molecule has 1 aromatic heterocycles. The lowest BCUT2D eigenvalue weighted by Gasteiger charge is -2.19. The van der Waals surface area contributed by atoms with Gasteiger partial charge >= 0.3 is 12.0 Å². The fourth-order valence-corrected chi connectivity index (χ4v) is 3.04. The summed E-state index contributed by atoms with van der Waals surface area (Å²) in [5, 5.41) is 14.8. The van der Waals surface area contributed by atoms with E-state index in [0.717, 1.165) is 27.9 Å². The molecule has 0 aliphatic rings. The van der Waals surface area contributed by atoms with Crippen molar-refractivity contribution in [1.82, 2.24) is 4.98 Å². The second kappa shape index (κ2) is 9.51. The minimum absolute atomic E-state index is 0.0270. The van der Waals surface area contributed by atoms with Gasteiger partial charge in [0.25, 0.3) is 0 Å². The van der Waals surface area contributed by atoms with E-state index in [0.29, 0.717) is 11.6 Å². The van der Waals surface area contributed by atoms with Crippen molar-refractivity contribution in [2.45, 2.75) is 27.7 Å². The van der Waals surface area contributed by atoms with Gasteiger partial charge in [-0.2, -0.15) is 0 Å². The molecule has 0 fully saturated rings. The number of rotatable bonds is 7. The van der Waals surface area contributed by atoms with Crippen molar-refractivity contribution in [2.75, 3.05) is 17.2 Å². The number of carboxylic acids is 1. The van der Waals surface area contributed by atoms with E-state index in [9.17, 15) is 9.59 Å². The maximum Gasteiger partial charge on any atom is 0.323 e. The second-order valence-electron chi connectivity index (χ2n) is 8.40. The summed E-state index contributed by atoms with van der Waals surface area (Å²) in [5.74, 6) is -0.560. The SMILES string of the molecule is Cc1cc(C)cc(NC(=O)Nc2ccc(-c3ccc(OCC(C)(C)C(=O)O)nc3)cc2)c1. The summed E-state index contributed by atoms with van der Waals surface area (Å²) in [7, 11) is 0. The molecule has 32 heavy (non-hydrogen) atoms. The first-order valence-electron chi connectivity index (χ1n) is 10.2. The predicted octanol–water partition coefficient (Wildman–Crippen LogP) is 5.50. The van der Waals surface area contributed by atoms with Crippen molar-refractivity contribution in [1.29, 1.82) is 0 Å². The summed E-state index contributed by atoms with van der Waals surface area (Å²) in [6.07, 6.45) is 1.66. The number of aromatic nitrogens is 1. The quantitative estimate of drug-likeness (QED) is 0.457. The molecule has 0 aliphatic carbocycles. The van der Waals surface area contributed by atoms with Gasteiger partial charge < -0.3 is 20.5 Å². The Morgan fingerprint density at radius 1 is 0.906 bits per heavy atom. The lowest BCUT2D eigenvalue weighted by Crippen LogP contribution is -2.30. The molecular weight excluding hydrogens is 406 g/mol. The van der Waals surface area contributed by atoms with Crippen molar-refractivity contribution in [2.24, 2.45) is 5.41 Å². The number of benzene rings is 2. The number of carbonyl (C=O) groups excluding carboxylic acids is 1. The van der Waals surface area contributed by atoms with Crippen LogP contribution in [0, 0.1) is 19.3 Å². The Bertz CT molecular complexity index is 1090. The van der Waals surface area contributed by atoms with Crippen LogP contribution in [0.25, 0.3) is 11.1 Å². The molecule has 1 heterocycles. The van der Waals surface area contributed by atoms with Gasteiger partial charge in [-0.25, -0.2) is 9.78 Å². The molecular formula is C25H27N3O4. The topological polar surface area (TPSA) is 101 Å². The molecule has 0 saturated heterocycles. The van der Waals surface area contributed by atoms with E-state index in [2.05, 4.69) is 15.6 Å². The first-order chi connectivity index (χ1) is 15.1. The molecule has 0 atom stereocenters. The maximum atomic E-state index is 12.3. The number of urea groups is 1. The Morgan fingerprint density at radius 2 is 1.50 bits per heavy atom. The van der Waals surface area contributed by atoms with Crippen molar-refractivity contribution in [3.63, 3.8) is 0 Å². The van der Waals surface area contributed by atoms with Crippen LogP contribution in [0.1, 0.15) is 25.0 Å². The van der Waals surface area contributed by atoms with Gasteiger partial charge in [0.2, 0.25) is 5.88 Å². The third kappa shape index (κ3) is 6.07. The Kier molecular flexibility index (Phi) is 6.78. The van der Waals surface area contributed by atoms with E-state index in [1.165, 1.54) is 0 Å². The first-order valence-corrected chi connectivity index (χ1v) is 10.2. The van der Waals surface area contributed by atoms with Crippen LogP contribution in [-0.2, 0) is 4.79 Å². The average Bonchev–Trinajstić information content (AvgIpc) is 2.72. The number of anilines is 2. The van der Waals surface area contributed by atoms with E-state index in [4.69, 9.17) is 9.84 Å². The van der Waals surface area contributed by atoms with Crippen molar-refractivity contribution in [3.05, 3.63) is 71.9 Å². The van der Waals surface area contributed by atoms with Crippen LogP contribution in [-0.4, -0.2) is 28.7 Å². The molecule has 0 aliphatic heterocycles. The number of ether oxygens (including phenoxy) is 1. The minimum atomic E-state index is -0.992. The lowest BCUT2D eigenvalue weighted by atomic mass is 9.95. The Labute approximate surface area is 187 Å². The third-order valence-corrected chi connectivity index (χ3v) is 4.85. The fourth-order valence-electron chi connectivity index (χ4n) is 3.04. The number of nitrogens with zero attached hydrogens (tertiary/aromatic N) is 1. The second-order valence-corrected chi connectivity index (χ2v) is 8.40. The summed E-state index contributed by atoms with van der Waals surface area (Å²) in [6.45, 7) is 7.19. The maximum absolute atomic E-state index is 12.3. The number of carboxylic acid groups (broad SMARTS) is 1. The van der Waals surface area contributed by atoms with Gasteiger partial charge in [0.1, 0.15) is 6.61 Å². The molecule has 2 aromatic carbocycles. The van der Waals surface area contributed by atoms with Gasteiger partial charge in [0.05, 0.1) is 5.41 Å². The van der Waals surface area contributed by atoms with Crippen molar-refractivity contribution >= 4 is 23.4 Å². The first kappa shape index (κ1) is 22.8. The summed E-state index contributed by atoms with van der Waals surface area (Å²) in [4.78, 5) is 27.7. The lowest BCUT2D eigenvalue weighted by molar-refractivity contribution is -0.148.